The Hall–Kier alpha value is -2.34. The summed E-state index contributed by atoms with van der Waals surface area (Å²) in [5, 5.41) is 20.3. The third kappa shape index (κ3) is 3.32. The summed E-state index contributed by atoms with van der Waals surface area (Å²) >= 11 is 0. The average Bonchev–Trinajstić information content (AvgIpc) is 2.67. The van der Waals surface area contributed by atoms with Crippen LogP contribution in [0.1, 0.15) is 31.7 Å². The van der Waals surface area contributed by atoms with Crippen LogP contribution >= 0.6 is 0 Å². The molecule has 17 heavy (non-hydrogen) atoms. The van der Waals surface area contributed by atoms with Crippen LogP contribution in [0.15, 0.2) is 6.33 Å². The lowest BCUT2D eigenvalue weighted by Gasteiger charge is -2.08. The van der Waals surface area contributed by atoms with Gasteiger partial charge in [-0.05, 0) is 13.8 Å². The summed E-state index contributed by atoms with van der Waals surface area (Å²) in [6.45, 7) is 4.10. The molecule has 0 atom stereocenters. The molecule has 0 aliphatic carbocycles. The fourth-order valence-electron chi connectivity index (χ4n) is 1.37. The van der Waals surface area contributed by atoms with Crippen LogP contribution in [0, 0.1) is 22.7 Å². The molecular formula is C11H13N5O. The van der Waals surface area contributed by atoms with Crippen molar-refractivity contribution in [2.45, 2.75) is 32.9 Å². The number of imidazole rings is 1. The Morgan fingerprint density at radius 2 is 2.24 bits per heavy atom. The van der Waals surface area contributed by atoms with Crippen molar-refractivity contribution in [3.63, 3.8) is 0 Å². The van der Waals surface area contributed by atoms with Crippen molar-refractivity contribution in [3.05, 3.63) is 17.7 Å². The molecule has 0 unspecified atom stereocenters. The zero-order valence-corrected chi connectivity index (χ0v) is 9.77. The molecule has 0 bridgehead atoms. The number of aryl methyl sites for hydroxylation is 1. The average molecular weight is 231 g/mol. The van der Waals surface area contributed by atoms with Crippen molar-refractivity contribution in [2.75, 3.05) is 0 Å². The summed E-state index contributed by atoms with van der Waals surface area (Å²) in [6, 6.07) is 3.83. The Labute approximate surface area is 99.5 Å². The Kier molecular flexibility index (Phi) is 4.24. The molecule has 0 aromatic carbocycles. The van der Waals surface area contributed by atoms with E-state index in [-0.39, 0.29) is 29.8 Å². The van der Waals surface area contributed by atoms with Gasteiger partial charge in [0, 0.05) is 19.0 Å². The fraction of sp³-hybridized carbons (Fsp3) is 0.455. The maximum absolute atomic E-state index is 11.4. The van der Waals surface area contributed by atoms with E-state index in [1.54, 1.807) is 0 Å². The first kappa shape index (κ1) is 12.7. The number of amides is 1. The monoisotopic (exact) mass is 231 g/mol. The molecule has 0 aliphatic heterocycles. The van der Waals surface area contributed by atoms with E-state index in [9.17, 15) is 4.79 Å². The van der Waals surface area contributed by atoms with Crippen molar-refractivity contribution >= 4 is 5.91 Å². The van der Waals surface area contributed by atoms with E-state index in [0.29, 0.717) is 6.54 Å². The lowest BCUT2D eigenvalue weighted by molar-refractivity contribution is -0.121. The molecule has 0 aliphatic rings. The summed E-state index contributed by atoms with van der Waals surface area (Å²) in [5.41, 5.74) is 0.293. The van der Waals surface area contributed by atoms with Crippen LogP contribution in [0.3, 0.4) is 0 Å². The van der Waals surface area contributed by atoms with Gasteiger partial charge >= 0.3 is 0 Å². The molecule has 1 N–H and O–H groups in total. The number of carbonyl (C=O) groups excluding carboxylic acids is 1. The SMILES string of the molecule is CC(C)NC(=O)CCn1cnc(C#N)c1C#N. The van der Waals surface area contributed by atoms with Gasteiger partial charge in [0.15, 0.2) is 11.4 Å². The van der Waals surface area contributed by atoms with Crippen LogP contribution in [0.5, 0.6) is 0 Å². The molecule has 1 aromatic rings. The van der Waals surface area contributed by atoms with Gasteiger partial charge in [0.2, 0.25) is 5.91 Å². The summed E-state index contributed by atoms with van der Waals surface area (Å²) in [5.74, 6) is -0.0869. The second-order valence-corrected chi connectivity index (χ2v) is 3.83. The Bertz CT molecular complexity index is 489. The number of carbonyl (C=O) groups is 1. The highest BCUT2D eigenvalue weighted by atomic mass is 16.1. The number of nitrogens with one attached hydrogen (secondary N) is 1. The van der Waals surface area contributed by atoms with Crippen molar-refractivity contribution < 1.29 is 4.79 Å². The number of aromatic nitrogens is 2. The number of hydrogen-bond acceptors (Lipinski definition) is 4. The van der Waals surface area contributed by atoms with Crippen LogP contribution in [0.2, 0.25) is 0 Å². The van der Waals surface area contributed by atoms with Gasteiger partial charge < -0.3 is 9.88 Å². The van der Waals surface area contributed by atoms with Gasteiger partial charge in [0.05, 0.1) is 6.33 Å². The Morgan fingerprint density at radius 1 is 1.53 bits per heavy atom. The smallest absolute Gasteiger partial charge is 0.221 e. The highest BCUT2D eigenvalue weighted by molar-refractivity contribution is 5.76. The van der Waals surface area contributed by atoms with E-state index in [1.807, 2.05) is 26.0 Å². The number of hydrogen-bond donors (Lipinski definition) is 1. The van der Waals surface area contributed by atoms with Crippen LogP contribution in [-0.4, -0.2) is 21.5 Å². The topological polar surface area (TPSA) is 94.5 Å². The number of nitrogens with zero attached hydrogens (tertiary/aromatic N) is 4. The zero-order valence-electron chi connectivity index (χ0n) is 9.77. The first-order chi connectivity index (χ1) is 8.08. The largest absolute Gasteiger partial charge is 0.354 e. The molecule has 1 heterocycles. The molecule has 88 valence electrons. The van der Waals surface area contributed by atoms with Crippen LogP contribution in [-0.2, 0) is 11.3 Å². The Balaban J connectivity index is 2.65. The predicted molar refractivity (Wildman–Crippen MR) is 59.6 cm³/mol. The maximum atomic E-state index is 11.4. The number of nitriles is 2. The highest BCUT2D eigenvalue weighted by Gasteiger charge is 2.11. The molecule has 1 rings (SSSR count). The Morgan fingerprint density at radius 3 is 2.76 bits per heavy atom. The van der Waals surface area contributed by atoms with E-state index in [0.717, 1.165) is 0 Å². The number of rotatable bonds is 4. The van der Waals surface area contributed by atoms with Crippen LogP contribution in [0.25, 0.3) is 0 Å². The zero-order chi connectivity index (χ0) is 12.8. The summed E-state index contributed by atoms with van der Waals surface area (Å²) < 4.78 is 1.51. The van der Waals surface area contributed by atoms with Gasteiger partial charge in [-0.15, -0.1) is 0 Å². The summed E-state index contributed by atoms with van der Waals surface area (Å²) in [4.78, 5) is 15.2. The standard InChI is InChI=1S/C11H13N5O/c1-8(2)15-11(17)3-4-16-7-14-9(5-12)10(16)6-13/h7-8H,3-4H2,1-2H3,(H,15,17). The molecule has 0 spiro atoms. The minimum absolute atomic E-state index is 0.0869. The van der Waals surface area contributed by atoms with Gasteiger partial charge in [0.1, 0.15) is 12.1 Å². The lowest BCUT2D eigenvalue weighted by atomic mass is 10.3. The summed E-state index contributed by atoms with van der Waals surface area (Å²) in [7, 11) is 0. The summed E-state index contributed by atoms with van der Waals surface area (Å²) in [6.07, 6.45) is 1.66. The van der Waals surface area contributed by atoms with Crippen molar-refractivity contribution in [1.82, 2.24) is 14.9 Å². The van der Waals surface area contributed by atoms with E-state index in [1.165, 1.54) is 10.9 Å². The lowest BCUT2D eigenvalue weighted by Crippen LogP contribution is -2.30. The van der Waals surface area contributed by atoms with Crippen molar-refractivity contribution in [1.29, 1.82) is 10.5 Å². The fourth-order valence-corrected chi connectivity index (χ4v) is 1.37. The quantitative estimate of drug-likeness (QED) is 0.818. The van der Waals surface area contributed by atoms with Crippen LogP contribution in [0.4, 0.5) is 0 Å². The van der Waals surface area contributed by atoms with Crippen molar-refractivity contribution in [2.24, 2.45) is 0 Å². The van der Waals surface area contributed by atoms with Gasteiger partial charge in [-0.3, -0.25) is 4.79 Å². The normalized spacial score (nSPS) is 9.71. The molecule has 1 amide bonds. The first-order valence-electron chi connectivity index (χ1n) is 5.23. The highest BCUT2D eigenvalue weighted by Crippen LogP contribution is 2.05. The van der Waals surface area contributed by atoms with Gasteiger partial charge in [-0.1, -0.05) is 0 Å². The molecular weight excluding hydrogens is 218 g/mol. The second-order valence-electron chi connectivity index (χ2n) is 3.83. The second kappa shape index (κ2) is 5.66. The molecule has 0 saturated carbocycles. The van der Waals surface area contributed by atoms with E-state index in [2.05, 4.69) is 10.3 Å². The predicted octanol–water partition coefficient (Wildman–Crippen LogP) is 0.541. The molecule has 1 aromatic heterocycles. The van der Waals surface area contributed by atoms with Crippen molar-refractivity contribution in [3.8, 4) is 12.1 Å². The minimum Gasteiger partial charge on any atom is -0.354 e. The van der Waals surface area contributed by atoms with E-state index < -0.39 is 0 Å². The third-order valence-electron chi connectivity index (χ3n) is 2.08. The van der Waals surface area contributed by atoms with E-state index >= 15 is 0 Å². The van der Waals surface area contributed by atoms with E-state index in [4.69, 9.17) is 10.5 Å². The maximum Gasteiger partial charge on any atom is 0.221 e. The molecule has 0 saturated heterocycles. The van der Waals surface area contributed by atoms with Crippen LogP contribution < -0.4 is 5.32 Å². The molecule has 6 nitrogen and oxygen atoms in total. The van der Waals surface area contributed by atoms with Gasteiger partial charge in [-0.2, -0.15) is 10.5 Å². The first-order valence-corrected chi connectivity index (χ1v) is 5.23. The minimum atomic E-state index is -0.0869. The molecule has 0 radical (unpaired) electrons. The molecule has 6 heteroatoms. The van der Waals surface area contributed by atoms with Gasteiger partial charge in [-0.25, -0.2) is 4.98 Å². The third-order valence-corrected chi connectivity index (χ3v) is 2.08. The van der Waals surface area contributed by atoms with Gasteiger partial charge in [0.25, 0.3) is 0 Å². The molecule has 0 fully saturated rings.